The number of carbonyl (C=O) groups excluding carboxylic acids is 10. The van der Waals surface area contributed by atoms with Crippen molar-refractivity contribution in [2.24, 2.45) is 17.2 Å². The molecule has 1 fully saturated rings. The number of nitrogens with one attached hydrogen (secondary N) is 11. The number of nitrogens with two attached hydrogens (primary N) is 3. The molecule has 6 rings (SSSR count). The van der Waals surface area contributed by atoms with Gasteiger partial charge in [-0.2, -0.15) is 0 Å². The Morgan fingerprint density at radius 2 is 1.06 bits per heavy atom. The number of likely N-dealkylation sites (tertiary alicyclic amines) is 1. The summed E-state index contributed by atoms with van der Waals surface area (Å²) in [6, 6.07) is 13.9. The lowest BCUT2D eigenvalue weighted by molar-refractivity contribution is -0.144. The number of rotatable bonds is 38. The molecule has 1 aromatic heterocycles. The van der Waals surface area contributed by atoms with Gasteiger partial charge in [-0.3, -0.25) is 58.1 Å². The number of hydrogen-bond donors (Lipinski definition) is 19. The zero-order valence-electron chi connectivity index (χ0n) is 53.7. The van der Waals surface area contributed by atoms with Gasteiger partial charge in [-0.15, -0.1) is 0 Å². The first-order valence-electron chi connectivity index (χ1n) is 31.7. The maximum Gasteiger partial charge on any atom is 0.328 e. The molecule has 10 amide bonds. The molecule has 0 saturated carbocycles. The minimum Gasteiger partial charge on any atom is -0.508 e. The third kappa shape index (κ3) is 23.4. The number of carboxylic acids is 2. The van der Waals surface area contributed by atoms with E-state index >= 15 is 0 Å². The Balaban J connectivity index is 1.25. The molecule has 0 bridgehead atoms. The lowest BCUT2D eigenvalue weighted by Gasteiger charge is -2.30. The second kappa shape index (κ2) is 37.3. The van der Waals surface area contributed by atoms with Crippen LogP contribution in [0.25, 0.3) is 10.9 Å². The van der Waals surface area contributed by atoms with Crippen LogP contribution in [0.3, 0.4) is 0 Å². The summed E-state index contributed by atoms with van der Waals surface area (Å²) in [6.45, 7) is 0.233. The molecule has 2 heterocycles. The number of fused-ring (bicyclic) bond motifs is 1. The predicted octanol–water partition coefficient (Wildman–Crippen LogP) is -2.81. The van der Waals surface area contributed by atoms with Crippen molar-refractivity contribution in [3.63, 3.8) is 0 Å². The van der Waals surface area contributed by atoms with Crippen LogP contribution in [0.1, 0.15) is 80.5 Å². The average molecular weight is 1360 g/mol. The van der Waals surface area contributed by atoms with Gasteiger partial charge in [-0.25, -0.2) is 4.79 Å². The number of guanidine groups is 1. The molecule has 0 radical (unpaired) electrons. The van der Waals surface area contributed by atoms with E-state index in [0.29, 0.717) is 39.6 Å². The number of aromatic amines is 1. The molecular weight excluding hydrogens is 1270 g/mol. The third-order valence-corrected chi connectivity index (χ3v) is 16.2. The van der Waals surface area contributed by atoms with Crippen LogP contribution in [0.2, 0.25) is 0 Å². The first kappa shape index (κ1) is 76.0. The van der Waals surface area contributed by atoms with Crippen molar-refractivity contribution in [1.29, 1.82) is 5.41 Å². The van der Waals surface area contributed by atoms with E-state index in [1.807, 2.05) is 5.32 Å². The Kier molecular flexibility index (Phi) is 29.0. The van der Waals surface area contributed by atoms with Gasteiger partial charge in [0.15, 0.2) is 5.96 Å². The van der Waals surface area contributed by atoms with Crippen LogP contribution in [-0.4, -0.2) is 199 Å². The maximum atomic E-state index is 14.8. The number of primary amides is 1. The van der Waals surface area contributed by atoms with Crippen LogP contribution in [-0.2, 0) is 83.2 Å². The minimum absolute atomic E-state index is 0.00327. The standard InChI is InChI=1S/C66H85N15O17/c1-36(83)55(80-61(93)50(33-40-34-72-44-17-9-8-16-42(40)44)78-62(94)52-19-11-29-81(52)64(96)43(67)30-39-20-22-41(84)23-21-39)63(95)75-46(24-26-53(68)85)57(89)73-45(18-10-28-71-66(69)70)56(88)76-49(32-38-14-6-3-7-15-38)60(92)77-48(31-37-12-4-2-5-13-37)59(91)74-47(25-27-54(86)87)58(90)79-51(35-82)65(97)98/h2-9,12-17,20-23,34,36,43,45-52,55,72,82-84H,10-11,18-19,24-33,35,67H2,1H3,(H2,68,85)(H,73,89)(H,74,91)(H,75,95)(H,76,88)(H,77,92)(H,78,94)(H,79,90)(H,80,93)(H,86,87)(H,97,98)(H4,69,70,71)/t36-,43+,45+,46+,47+,48+,49+,50+,51+,52+,55+/m1/s1. The summed E-state index contributed by atoms with van der Waals surface area (Å²) in [5.41, 5.74) is 20.3. The van der Waals surface area contributed by atoms with E-state index in [2.05, 4.69) is 47.5 Å². The number of phenols is 1. The van der Waals surface area contributed by atoms with Crippen molar-refractivity contribution in [3.05, 3.63) is 138 Å². The fourth-order valence-corrected chi connectivity index (χ4v) is 11.0. The largest absolute Gasteiger partial charge is 0.508 e. The normalized spacial score (nSPS) is 15.7. The molecule has 4 aromatic carbocycles. The van der Waals surface area contributed by atoms with E-state index in [-0.39, 0.29) is 63.8 Å². The molecule has 11 atom stereocenters. The van der Waals surface area contributed by atoms with Gasteiger partial charge in [0.25, 0.3) is 0 Å². The number of aliphatic carboxylic acids is 2. The topological polar surface area (TPSA) is 535 Å². The van der Waals surface area contributed by atoms with Crippen molar-refractivity contribution in [2.75, 3.05) is 19.7 Å². The lowest BCUT2D eigenvalue weighted by atomic mass is 10.0. The number of phenolic OH excluding ortho intramolecular Hbond substituents is 1. The molecule has 0 aliphatic carbocycles. The first-order valence-corrected chi connectivity index (χ1v) is 31.7. The monoisotopic (exact) mass is 1360 g/mol. The van der Waals surface area contributed by atoms with Crippen LogP contribution >= 0.6 is 0 Å². The molecule has 1 aliphatic heterocycles. The number of aliphatic hydroxyl groups excluding tert-OH is 2. The molecule has 98 heavy (non-hydrogen) atoms. The van der Waals surface area contributed by atoms with Crippen molar-refractivity contribution in [3.8, 4) is 5.75 Å². The highest BCUT2D eigenvalue weighted by atomic mass is 16.4. The minimum atomic E-state index is -1.89. The number of aromatic hydroxyl groups is 1. The van der Waals surface area contributed by atoms with Gasteiger partial charge in [0.2, 0.25) is 59.1 Å². The van der Waals surface area contributed by atoms with Crippen LogP contribution in [0.4, 0.5) is 0 Å². The van der Waals surface area contributed by atoms with E-state index in [4.69, 9.17) is 22.6 Å². The highest BCUT2D eigenvalue weighted by Crippen LogP contribution is 2.23. The van der Waals surface area contributed by atoms with Gasteiger partial charge in [0.05, 0.1) is 18.8 Å². The summed E-state index contributed by atoms with van der Waals surface area (Å²) in [5, 5.41) is 80.4. The molecule has 32 nitrogen and oxygen atoms in total. The SMILES string of the molecule is C[C@@H](O)[C@H](NC(=O)[C@H](Cc1c[nH]c2ccccc12)NC(=O)[C@@H]1CCCN1C(=O)[C@@H](N)Cc1ccc(O)cc1)C(=O)N[C@@H](CCC(N)=O)C(=O)N[C@@H](CCCNC(=N)N)C(=O)N[C@@H](Cc1ccccc1)C(=O)N[C@@H](Cc1ccccc1)C(=O)N[C@@H](CCC(=O)O)C(=O)N[C@@H](CO)C(=O)O. The molecule has 22 N–H and O–H groups in total. The van der Waals surface area contributed by atoms with E-state index in [1.54, 1.807) is 103 Å². The molecule has 32 heteroatoms. The Hall–Kier alpha value is -11.0. The summed E-state index contributed by atoms with van der Waals surface area (Å²) in [4.78, 5) is 170. The zero-order chi connectivity index (χ0) is 71.6. The molecular formula is C66H85N15O17. The Bertz CT molecular complexity index is 3620. The maximum absolute atomic E-state index is 14.8. The number of amides is 10. The summed E-state index contributed by atoms with van der Waals surface area (Å²) in [5.74, 6) is -13.2. The zero-order valence-corrected chi connectivity index (χ0v) is 53.7. The number of carboxylic acid groups (broad SMARTS) is 2. The average Bonchev–Trinajstić information content (AvgIpc) is 1.81. The highest BCUT2D eigenvalue weighted by Gasteiger charge is 2.40. The predicted molar refractivity (Wildman–Crippen MR) is 353 cm³/mol. The van der Waals surface area contributed by atoms with Gasteiger partial charge < -0.3 is 100 Å². The number of carbonyl (C=O) groups is 12. The van der Waals surface area contributed by atoms with Crippen LogP contribution in [0, 0.1) is 5.41 Å². The summed E-state index contributed by atoms with van der Waals surface area (Å²) >= 11 is 0. The number of hydrogen-bond acceptors (Lipinski definition) is 17. The first-order chi connectivity index (χ1) is 46.7. The second-order valence-electron chi connectivity index (χ2n) is 23.7. The van der Waals surface area contributed by atoms with Gasteiger partial charge in [-0.05, 0) is 92.3 Å². The van der Waals surface area contributed by atoms with Crippen LogP contribution < -0.4 is 65.1 Å². The fourth-order valence-electron chi connectivity index (χ4n) is 11.0. The number of aromatic nitrogens is 1. The molecule has 526 valence electrons. The Morgan fingerprint density at radius 3 is 1.59 bits per heavy atom. The number of nitrogens with zero attached hydrogens (tertiary/aromatic N) is 1. The molecule has 0 spiro atoms. The van der Waals surface area contributed by atoms with E-state index < -0.39 is 176 Å². The smallest absolute Gasteiger partial charge is 0.328 e. The molecule has 1 aliphatic rings. The Morgan fingerprint density at radius 1 is 0.582 bits per heavy atom. The molecule has 0 unspecified atom stereocenters. The van der Waals surface area contributed by atoms with Crippen molar-refractivity contribution < 1.29 is 83.1 Å². The van der Waals surface area contributed by atoms with Crippen LogP contribution in [0.15, 0.2) is 115 Å². The van der Waals surface area contributed by atoms with Gasteiger partial charge in [0, 0.05) is 62.3 Å². The number of benzene rings is 4. The molecule has 1 saturated heterocycles. The van der Waals surface area contributed by atoms with Crippen molar-refractivity contribution in [1.82, 2.24) is 57.7 Å². The van der Waals surface area contributed by atoms with E-state index in [1.165, 1.54) is 17.0 Å². The second-order valence-corrected chi connectivity index (χ2v) is 23.7. The molecule has 5 aromatic rings. The van der Waals surface area contributed by atoms with Gasteiger partial charge in [0.1, 0.15) is 60.1 Å². The van der Waals surface area contributed by atoms with Crippen molar-refractivity contribution in [2.45, 2.75) is 150 Å². The summed E-state index contributed by atoms with van der Waals surface area (Å²) < 4.78 is 0. The highest BCUT2D eigenvalue weighted by molar-refractivity contribution is 5.99. The summed E-state index contributed by atoms with van der Waals surface area (Å²) in [7, 11) is 0. The van der Waals surface area contributed by atoms with Crippen molar-refractivity contribution >= 4 is 87.9 Å². The van der Waals surface area contributed by atoms with E-state index in [0.717, 1.165) is 6.92 Å². The number of aliphatic hydroxyl groups is 2. The number of para-hydroxylation sites is 1. The number of H-pyrrole nitrogens is 1. The van der Waals surface area contributed by atoms with Crippen LogP contribution in [0.5, 0.6) is 5.75 Å². The Labute approximate surface area is 562 Å². The fraction of sp³-hybridized carbons (Fsp3) is 0.409. The lowest BCUT2D eigenvalue weighted by Crippen LogP contribution is -2.62. The van der Waals surface area contributed by atoms with E-state index in [9.17, 15) is 83.1 Å². The van der Waals surface area contributed by atoms with Gasteiger partial charge >= 0.3 is 11.9 Å². The quantitative estimate of drug-likeness (QED) is 0.0108. The summed E-state index contributed by atoms with van der Waals surface area (Å²) in [6.07, 6.45) is -2.69. The van der Waals surface area contributed by atoms with Gasteiger partial charge in [-0.1, -0.05) is 91.0 Å². The third-order valence-electron chi connectivity index (χ3n) is 16.2.